The molecule has 138 valence electrons. The maximum absolute atomic E-state index is 12.5. The van der Waals surface area contributed by atoms with Crippen molar-refractivity contribution in [2.75, 3.05) is 33.2 Å². The maximum Gasteiger partial charge on any atom is 0.246 e. The molecule has 7 heteroatoms. The molecule has 3 heterocycles. The van der Waals surface area contributed by atoms with Gasteiger partial charge in [-0.05, 0) is 48.4 Å². The third kappa shape index (κ3) is 3.62. The molecule has 0 saturated carbocycles. The van der Waals surface area contributed by atoms with E-state index in [9.17, 15) is 4.79 Å². The number of rotatable bonds is 3. The van der Waals surface area contributed by atoms with Gasteiger partial charge in [-0.3, -0.25) is 4.79 Å². The van der Waals surface area contributed by atoms with Crippen molar-refractivity contribution in [2.45, 2.75) is 31.7 Å². The normalized spacial score (nSPS) is 23.3. The van der Waals surface area contributed by atoms with Gasteiger partial charge in [-0.1, -0.05) is 30.3 Å². The zero-order chi connectivity index (χ0) is 18.0. The molecule has 1 amide bonds. The van der Waals surface area contributed by atoms with Gasteiger partial charge in [0.2, 0.25) is 5.91 Å². The fraction of sp³-hybridized carbons (Fsp3) is 0.579. The number of carbonyl (C=O) groups excluding carboxylic acids is 1. The van der Waals surface area contributed by atoms with E-state index in [-0.39, 0.29) is 12.5 Å². The van der Waals surface area contributed by atoms with Gasteiger partial charge in [-0.2, -0.15) is 4.80 Å². The average Bonchev–Trinajstić information content (AvgIpc) is 3.15. The minimum atomic E-state index is 0.0848. The van der Waals surface area contributed by atoms with Crippen molar-refractivity contribution in [3.05, 3.63) is 42.2 Å². The Kier molecular flexibility index (Phi) is 4.72. The van der Waals surface area contributed by atoms with E-state index in [1.54, 1.807) is 0 Å². The van der Waals surface area contributed by atoms with Crippen LogP contribution < -0.4 is 0 Å². The first kappa shape index (κ1) is 17.1. The van der Waals surface area contributed by atoms with Crippen molar-refractivity contribution in [2.24, 2.45) is 5.41 Å². The number of piperidine rings is 2. The molecule has 2 aliphatic heterocycles. The van der Waals surface area contributed by atoms with Crippen molar-refractivity contribution in [3.8, 4) is 0 Å². The van der Waals surface area contributed by atoms with E-state index < -0.39 is 0 Å². The van der Waals surface area contributed by atoms with Crippen LogP contribution >= 0.6 is 0 Å². The highest BCUT2D eigenvalue weighted by Gasteiger charge is 2.42. The summed E-state index contributed by atoms with van der Waals surface area (Å²) in [6.45, 7) is 4.07. The van der Waals surface area contributed by atoms with Gasteiger partial charge in [-0.15, -0.1) is 10.2 Å². The zero-order valence-electron chi connectivity index (χ0n) is 15.3. The first-order valence-electron chi connectivity index (χ1n) is 9.36. The van der Waals surface area contributed by atoms with Crippen LogP contribution in [-0.4, -0.2) is 69.1 Å². The predicted octanol–water partition coefficient (Wildman–Crippen LogP) is 1.40. The second-order valence-electron chi connectivity index (χ2n) is 7.86. The Balaban J connectivity index is 1.40. The number of tetrazole rings is 1. The predicted molar refractivity (Wildman–Crippen MR) is 97.4 cm³/mol. The van der Waals surface area contributed by atoms with Crippen LogP contribution in [-0.2, 0) is 11.3 Å². The summed E-state index contributed by atoms with van der Waals surface area (Å²) in [6.07, 6.45) is 4.71. The van der Waals surface area contributed by atoms with Crippen LogP contribution in [0.5, 0.6) is 0 Å². The summed E-state index contributed by atoms with van der Waals surface area (Å²) in [5, 5.41) is 11.4. The average molecular weight is 354 g/mol. The molecule has 1 atom stereocenters. The lowest BCUT2D eigenvalue weighted by Crippen LogP contribution is -2.52. The monoisotopic (exact) mass is 354 g/mol. The molecule has 0 bridgehead atoms. The number of likely N-dealkylation sites (N-methyl/N-ethyl adjacent to an activating group) is 1. The minimum absolute atomic E-state index is 0.0848. The van der Waals surface area contributed by atoms with Gasteiger partial charge in [-0.25, -0.2) is 0 Å². The molecule has 2 saturated heterocycles. The molecule has 1 aromatic carbocycles. The number of aromatic nitrogens is 4. The summed E-state index contributed by atoms with van der Waals surface area (Å²) in [4.78, 5) is 18.3. The van der Waals surface area contributed by atoms with Crippen LogP contribution in [0.2, 0.25) is 0 Å². The topological polar surface area (TPSA) is 67.2 Å². The number of likely N-dealkylation sites (tertiary alicyclic amines) is 2. The molecular formula is C19H26N6O. The second kappa shape index (κ2) is 7.15. The van der Waals surface area contributed by atoms with Crippen LogP contribution in [0.15, 0.2) is 36.7 Å². The fourth-order valence-electron chi connectivity index (χ4n) is 4.69. The molecule has 2 fully saturated rings. The third-order valence-electron chi connectivity index (χ3n) is 5.93. The molecule has 1 spiro atoms. The van der Waals surface area contributed by atoms with E-state index in [2.05, 4.69) is 57.7 Å². The summed E-state index contributed by atoms with van der Waals surface area (Å²) >= 11 is 0. The Hall–Kier alpha value is -2.28. The van der Waals surface area contributed by atoms with E-state index in [1.807, 2.05) is 4.90 Å². The molecule has 2 aromatic rings. The Morgan fingerprint density at radius 2 is 2.00 bits per heavy atom. The van der Waals surface area contributed by atoms with Gasteiger partial charge >= 0.3 is 0 Å². The lowest BCUT2D eigenvalue weighted by molar-refractivity contribution is -0.135. The molecule has 7 nitrogen and oxygen atoms in total. The molecular weight excluding hydrogens is 328 g/mol. The highest BCUT2D eigenvalue weighted by Crippen LogP contribution is 2.44. The molecule has 4 rings (SSSR count). The van der Waals surface area contributed by atoms with Crippen molar-refractivity contribution in [3.63, 3.8) is 0 Å². The smallest absolute Gasteiger partial charge is 0.246 e. The van der Waals surface area contributed by atoms with Crippen LogP contribution in [0, 0.1) is 5.41 Å². The van der Waals surface area contributed by atoms with E-state index in [1.165, 1.54) is 23.1 Å². The third-order valence-corrected chi connectivity index (χ3v) is 5.93. The summed E-state index contributed by atoms with van der Waals surface area (Å²) in [6, 6.07) is 10.9. The fourth-order valence-corrected chi connectivity index (χ4v) is 4.69. The lowest BCUT2D eigenvalue weighted by atomic mass is 9.68. The van der Waals surface area contributed by atoms with Crippen molar-refractivity contribution >= 4 is 5.91 Å². The number of carbonyl (C=O) groups is 1. The molecule has 0 aliphatic carbocycles. The highest BCUT2D eigenvalue weighted by atomic mass is 16.2. The lowest BCUT2D eigenvalue weighted by Gasteiger charge is -2.49. The highest BCUT2D eigenvalue weighted by molar-refractivity contribution is 5.75. The standard InChI is InChI=1S/C19H26N6O/c1-23-12-17(16-5-3-2-4-6-16)11-19(14-23)7-9-24(10-8-19)18(26)13-25-21-15-20-22-25/h2-6,15,17H,7-14H2,1H3/t17-/m1/s1. The van der Waals surface area contributed by atoms with Crippen LogP contribution in [0.25, 0.3) is 0 Å². The first-order chi connectivity index (χ1) is 12.6. The molecule has 0 unspecified atom stereocenters. The molecule has 0 radical (unpaired) electrons. The van der Waals surface area contributed by atoms with Gasteiger partial charge in [0.15, 0.2) is 6.33 Å². The summed E-state index contributed by atoms with van der Waals surface area (Å²) in [5.41, 5.74) is 1.75. The summed E-state index contributed by atoms with van der Waals surface area (Å²) in [5.74, 6) is 0.665. The van der Waals surface area contributed by atoms with Crippen molar-refractivity contribution in [1.82, 2.24) is 30.0 Å². The van der Waals surface area contributed by atoms with Crippen molar-refractivity contribution in [1.29, 1.82) is 0 Å². The first-order valence-corrected chi connectivity index (χ1v) is 9.36. The number of benzene rings is 1. The second-order valence-corrected chi connectivity index (χ2v) is 7.86. The van der Waals surface area contributed by atoms with E-state index in [0.717, 1.165) is 39.0 Å². The van der Waals surface area contributed by atoms with Crippen molar-refractivity contribution < 1.29 is 4.79 Å². The number of nitrogens with zero attached hydrogens (tertiary/aromatic N) is 6. The van der Waals surface area contributed by atoms with Crippen LogP contribution in [0.3, 0.4) is 0 Å². The maximum atomic E-state index is 12.5. The number of amides is 1. The summed E-state index contributed by atoms with van der Waals surface area (Å²) in [7, 11) is 2.23. The van der Waals surface area contributed by atoms with Crippen LogP contribution in [0.4, 0.5) is 0 Å². The Labute approximate surface area is 154 Å². The Morgan fingerprint density at radius 1 is 1.23 bits per heavy atom. The van der Waals surface area contributed by atoms with Gasteiger partial charge in [0.05, 0.1) is 0 Å². The molecule has 26 heavy (non-hydrogen) atoms. The van der Waals surface area contributed by atoms with E-state index in [0.29, 0.717) is 11.3 Å². The minimum Gasteiger partial charge on any atom is -0.341 e. The van der Waals surface area contributed by atoms with Gasteiger partial charge in [0, 0.05) is 26.2 Å². The quantitative estimate of drug-likeness (QED) is 0.834. The largest absolute Gasteiger partial charge is 0.341 e. The van der Waals surface area contributed by atoms with E-state index >= 15 is 0 Å². The molecule has 0 N–H and O–H groups in total. The van der Waals surface area contributed by atoms with Gasteiger partial charge in [0.1, 0.15) is 6.54 Å². The number of hydrogen-bond acceptors (Lipinski definition) is 5. The summed E-state index contributed by atoms with van der Waals surface area (Å²) < 4.78 is 0. The number of hydrogen-bond donors (Lipinski definition) is 0. The van der Waals surface area contributed by atoms with Crippen LogP contribution in [0.1, 0.15) is 30.7 Å². The SMILES string of the molecule is CN1C[C@H](c2ccccc2)CC2(CCN(C(=O)Cn3ncnn3)CC2)C1. The molecule has 2 aliphatic rings. The van der Waals surface area contributed by atoms with E-state index in [4.69, 9.17) is 0 Å². The Morgan fingerprint density at radius 3 is 2.69 bits per heavy atom. The van der Waals surface area contributed by atoms with Gasteiger partial charge in [0.25, 0.3) is 0 Å². The molecule has 1 aromatic heterocycles. The van der Waals surface area contributed by atoms with Gasteiger partial charge < -0.3 is 9.80 Å². The Bertz CT molecular complexity index is 724. The zero-order valence-corrected chi connectivity index (χ0v) is 15.3.